The highest BCUT2D eigenvalue weighted by molar-refractivity contribution is 5.88. The van der Waals surface area contributed by atoms with Crippen LogP contribution in [0.4, 0.5) is 0 Å². The first-order valence-corrected chi connectivity index (χ1v) is 7.24. The van der Waals surface area contributed by atoms with Gasteiger partial charge in [-0.1, -0.05) is 20.8 Å². The minimum Gasteiger partial charge on any atom is -0.486 e. The van der Waals surface area contributed by atoms with E-state index in [2.05, 4.69) is 16.9 Å². The zero-order valence-corrected chi connectivity index (χ0v) is 12.3. The van der Waals surface area contributed by atoms with Crippen LogP contribution in [0.25, 0.3) is 0 Å². The molecule has 0 aromatic carbocycles. The lowest BCUT2D eigenvalue weighted by atomic mass is 9.89. The molecule has 0 unspecified atom stereocenters. The Morgan fingerprint density at radius 1 is 1.35 bits per heavy atom. The van der Waals surface area contributed by atoms with Crippen LogP contribution in [0.1, 0.15) is 68.7 Å². The number of nitrogens with zero attached hydrogens (tertiary/aromatic N) is 2. The number of hydrogen-bond donors (Lipinski definition) is 1. The van der Waals surface area contributed by atoms with Crippen molar-refractivity contribution in [3.05, 3.63) is 17.7 Å². The van der Waals surface area contributed by atoms with E-state index in [0.29, 0.717) is 11.6 Å². The van der Waals surface area contributed by atoms with E-state index in [1.165, 1.54) is 6.20 Å². The van der Waals surface area contributed by atoms with Gasteiger partial charge in [0.25, 0.3) is 0 Å². The molecule has 0 bridgehead atoms. The predicted octanol–water partition coefficient (Wildman–Crippen LogP) is 3.26. The Bertz CT molecular complexity index is 480. The number of hydrogen-bond acceptors (Lipinski definition) is 4. The number of carboxylic acid groups (broad SMARTS) is 1. The van der Waals surface area contributed by atoms with Crippen molar-refractivity contribution in [1.82, 2.24) is 9.97 Å². The van der Waals surface area contributed by atoms with E-state index in [1.807, 2.05) is 13.8 Å². The Morgan fingerprint density at radius 3 is 2.55 bits per heavy atom. The molecule has 1 fully saturated rings. The second-order valence-electron chi connectivity index (χ2n) is 5.90. The van der Waals surface area contributed by atoms with E-state index < -0.39 is 5.97 Å². The summed E-state index contributed by atoms with van der Waals surface area (Å²) in [5.41, 5.74) is -0.0256. The number of ether oxygens (including phenoxy) is 1. The van der Waals surface area contributed by atoms with E-state index >= 15 is 0 Å². The molecule has 5 heteroatoms. The van der Waals surface area contributed by atoms with Crippen molar-refractivity contribution < 1.29 is 14.6 Å². The van der Waals surface area contributed by atoms with Gasteiger partial charge in [-0.2, -0.15) is 0 Å². The molecule has 1 heterocycles. The summed E-state index contributed by atoms with van der Waals surface area (Å²) >= 11 is 0. The van der Waals surface area contributed by atoms with E-state index in [-0.39, 0.29) is 17.7 Å². The van der Waals surface area contributed by atoms with Crippen molar-refractivity contribution in [3.8, 4) is 5.75 Å². The minimum absolute atomic E-state index is 0.0256. The Hall–Kier alpha value is -1.65. The minimum atomic E-state index is -1.06. The normalized spacial score (nSPS) is 22.8. The van der Waals surface area contributed by atoms with Gasteiger partial charge in [0.05, 0.1) is 12.3 Å². The van der Waals surface area contributed by atoms with Crippen LogP contribution in [-0.4, -0.2) is 27.1 Å². The van der Waals surface area contributed by atoms with Gasteiger partial charge in [-0.05, 0) is 31.6 Å². The molecular formula is C15H22N2O3. The lowest BCUT2D eigenvalue weighted by molar-refractivity contribution is 0.0675. The standard InChI is InChI=1S/C15H22N2O3/c1-9(2)14-16-8-12(13(17-14)15(18)19)20-11-6-4-10(3)5-7-11/h8-11H,4-7H2,1-3H3,(H,18,19). The Labute approximate surface area is 119 Å². The zero-order valence-electron chi connectivity index (χ0n) is 12.3. The van der Waals surface area contributed by atoms with Crippen molar-refractivity contribution in [2.75, 3.05) is 0 Å². The molecule has 20 heavy (non-hydrogen) atoms. The average Bonchev–Trinajstić information content (AvgIpc) is 2.41. The first-order chi connectivity index (χ1) is 9.47. The molecule has 0 atom stereocenters. The molecule has 2 rings (SSSR count). The second-order valence-corrected chi connectivity index (χ2v) is 5.90. The molecule has 1 aromatic rings. The topological polar surface area (TPSA) is 72.3 Å². The zero-order chi connectivity index (χ0) is 14.7. The summed E-state index contributed by atoms with van der Waals surface area (Å²) in [6.45, 7) is 6.10. The lowest BCUT2D eigenvalue weighted by Gasteiger charge is -2.27. The summed E-state index contributed by atoms with van der Waals surface area (Å²) in [4.78, 5) is 19.6. The van der Waals surface area contributed by atoms with Gasteiger partial charge in [-0.15, -0.1) is 0 Å². The van der Waals surface area contributed by atoms with Crippen molar-refractivity contribution in [1.29, 1.82) is 0 Å². The van der Waals surface area contributed by atoms with Gasteiger partial charge in [0.15, 0.2) is 11.4 Å². The highest BCUT2D eigenvalue weighted by atomic mass is 16.5. The van der Waals surface area contributed by atoms with Gasteiger partial charge in [0, 0.05) is 5.92 Å². The molecule has 0 aliphatic heterocycles. The average molecular weight is 278 g/mol. The third-order valence-electron chi connectivity index (χ3n) is 3.75. The number of rotatable bonds is 4. The maximum absolute atomic E-state index is 11.3. The van der Waals surface area contributed by atoms with Gasteiger partial charge in [-0.25, -0.2) is 14.8 Å². The maximum Gasteiger partial charge on any atom is 0.358 e. The molecule has 1 aromatic heterocycles. The molecule has 1 saturated carbocycles. The van der Waals surface area contributed by atoms with Crippen LogP contribution in [0.5, 0.6) is 5.75 Å². The largest absolute Gasteiger partial charge is 0.486 e. The maximum atomic E-state index is 11.3. The van der Waals surface area contributed by atoms with Gasteiger partial charge < -0.3 is 9.84 Å². The Kier molecular flexibility index (Phi) is 4.57. The molecule has 1 aliphatic carbocycles. The fourth-order valence-electron chi connectivity index (χ4n) is 2.43. The fourth-order valence-corrected chi connectivity index (χ4v) is 2.43. The first kappa shape index (κ1) is 14.8. The van der Waals surface area contributed by atoms with E-state index in [9.17, 15) is 9.90 Å². The molecule has 110 valence electrons. The molecule has 0 radical (unpaired) electrons. The Morgan fingerprint density at radius 2 is 2.00 bits per heavy atom. The third kappa shape index (κ3) is 3.46. The lowest BCUT2D eigenvalue weighted by Crippen LogP contribution is -2.24. The SMILES string of the molecule is CC1CCC(Oc2cnc(C(C)C)nc2C(=O)O)CC1. The van der Waals surface area contributed by atoms with E-state index in [1.54, 1.807) is 0 Å². The summed E-state index contributed by atoms with van der Waals surface area (Å²) in [6.07, 6.45) is 5.76. The van der Waals surface area contributed by atoms with Gasteiger partial charge in [0.1, 0.15) is 5.82 Å². The summed E-state index contributed by atoms with van der Waals surface area (Å²) in [5, 5.41) is 9.27. The molecular weight excluding hydrogens is 256 g/mol. The first-order valence-electron chi connectivity index (χ1n) is 7.24. The quantitative estimate of drug-likeness (QED) is 0.915. The van der Waals surface area contributed by atoms with Crippen LogP contribution in [-0.2, 0) is 0 Å². The summed E-state index contributed by atoms with van der Waals surface area (Å²) in [5.74, 6) is 0.591. The van der Waals surface area contributed by atoms with Crippen LogP contribution >= 0.6 is 0 Å². The molecule has 1 N–H and O–H groups in total. The van der Waals surface area contributed by atoms with E-state index in [0.717, 1.165) is 31.6 Å². The van der Waals surface area contributed by atoms with Gasteiger partial charge >= 0.3 is 5.97 Å². The summed E-state index contributed by atoms with van der Waals surface area (Å²) in [7, 11) is 0. The van der Waals surface area contributed by atoms with Gasteiger partial charge in [0.2, 0.25) is 0 Å². The third-order valence-corrected chi connectivity index (χ3v) is 3.75. The summed E-state index contributed by atoms with van der Waals surface area (Å²) in [6, 6.07) is 0. The highest BCUT2D eigenvalue weighted by Crippen LogP contribution is 2.28. The molecule has 0 amide bonds. The number of aromatic nitrogens is 2. The fraction of sp³-hybridized carbons (Fsp3) is 0.667. The smallest absolute Gasteiger partial charge is 0.358 e. The monoisotopic (exact) mass is 278 g/mol. The number of carbonyl (C=O) groups is 1. The Balaban J connectivity index is 2.16. The predicted molar refractivity (Wildman–Crippen MR) is 75.1 cm³/mol. The van der Waals surface area contributed by atoms with Crippen molar-refractivity contribution in [2.45, 2.75) is 58.5 Å². The van der Waals surface area contributed by atoms with Crippen LogP contribution in [0.3, 0.4) is 0 Å². The van der Waals surface area contributed by atoms with Gasteiger partial charge in [-0.3, -0.25) is 0 Å². The van der Waals surface area contributed by atoms with Crippen LogP contribution in [0.2, 0.25) is 0 Å². The highest BCUT2D eigenvalue weighted by Gasteiger charge is 2.23. The van der Waals surface area contributed by atoms with Crippen molar-refractivity contribution in [2.24, 2.45) is 5.92 Å². The molecule has 0 spiro atoms. The second kappa shape index (κ2) is 6.20. The number of carboxylic acids is 1. The van der Waals surface area contributed by atoms with Crippen LogP contribution < -0.4 is 4.74 Å². The van der Waals surface area contributed by atoms with Crippen LogP contribution in [0.15, 0.2) is 6.20 Å². The summed E-state index contributed by atoms with van der Waals surface area (Å²) < 4.78 is 5.82. The van der Waals surface area contributed by atoms with Crippen molar-refractivity contribution >= 4 is 5.97 Å². The van der Waals surface area contributed by atoms with E-state index in [4.69, 9.17) is 4.74 Å². The van der Waals surface area contributed by atoms with Crippen LogP contribution in [0, 0.1) is 5.92 Å². The van der Waals surface area contributed by atoms with Crippen molar-refractivity contribution in [3.63, 3.8) is 0 Å². The molecule has 0 saturated heterocycles. The molecule has 5 nitrogen and oxygen atoms in total. The molecule has 1 aliphatic rings. The number of aromatic carboxylic acids is 1.